The fourth-order valence-electron chi connectivity index (χ4n) is 2.25. The Morgan fingerprint density at radius 1 is 1.50 bits per heavy atom. The van der Waals surface area contributed by atoms with Crippen molar-refractivity contribution in [2.75, 3.05) is 19.7 Å². The first-order valence-electron chi connectivity index (χ1n) is 6.47. The highest BCUT2D eigenvalue weighted by atomic mass is 32.1. The van der Waals surface area contributed by atoms with Crippen LogP contribution in [0.4, 0.5) is 0 Å². The Hall–Kier alpha value is -1.73. The molecule has 0 aliphatic carbocycles. The topological polar surface area (TPSA) is 71.1 Å². The molecule has 20 heavy (non-hydrogen) atoms. The summed E-state index contributed by atoms with van der Waals surface area (Å²) in [7, 11) is 0. The number of H-pyrrole nitrogens is 1. The van der Waals surface area contributed by atoms with Crippen molar-refractivity contribution in [3.05, 3.63) is 33.8 Å². The molecule has 7 heteroatoms. The first-order valence-corrected chi connectivity index (χ1v) is 7.35. The number of carbonyl (C=O) groups is 1. The molecule has 0 radical (unpaired) electrons. The molecule has 106 valence electrons. The lowest BCUT2D eigenvalue weighted by atomic mass is 10.2. The molecule has 1 fully saturated rings. The van der Waals surface area contributed by atoms with E-state index in [1.807, 2.05) is 18.7 Å². The molecular formula is C13H16N4O2S. The standard InChI is InChI=1S/C13H16N4O2S/c1-8-5-14-12(16-8)10-6-17(3-4-19-10)13(18)11-9(2)15-7-20-11/h5,7,10H,3-4,6H2,1-2H3,(H,14,16). The van der Waals surface area contributed by atoms with Crippen molar-refractivity contribution in [2.45, 2.75) is 20.0 Å². The highest BCUT2D eigenvalue weighted by Crippen LogP contribution is 2.23. The van der Waals surface area contributed by atoms with Gasteiger partial charge in [0, 0.05) is 18.4 Å². The van der Waals surface area contributed by atoms with Gasteiger partial charge in [-0.05, 0) is 13.8 Å². The third-order valence-corrected chi connectivity index (χ3v) is 4.24. The first kappa shape index (κ1) is 13.3. The molecule has 2 aromatic heterocycles. The fraction of sp³-hybridized carbons (Fsp3) is 0.462. The number of aromatic amines is 1. The smallest absolute Gasteiger partial charge is 0.266 e. The molecule has 0 bridgehead atoms. The van der Waals surface area contributed by atoms with Crippen LogP contribution in [0.15, 0.2) is 11.7 Å². The predicted molar refractivity (Wildman–Crippen MR) is 74.8 cm³/mol. The molecule has 1 aliphatic heterocycles. The molecule has 1 N–H and O–H groups in total. The van der Waals surface area contributed by atoms with Crippen molar-refractivity contribution in [1.29, 1.82) is 0 Å². The van der Waals surface area contributed by atoms with Gasteiger partial charge in [0.15, 0.2) is 0 Å². The summed E-state index contributed by atoms with van der Waals surface area (Å²) in [5.41, 5.74) is 3.48. The number of morpholine rings is 1. The average Bonchev–Trinajstić information content (AvgIpc) is 3.07. The predicted octanol–water partition coefficient (Wildman–Crippen LogP) is 1.70. The summed E-state index contributed by atoms with van der Waals surface area (Å²) >= 11 is 1.39. The highest BCUT2D eigenvalue weighted by molar-refractivity contribution is 7.11. The van der Waals surface area contributed by atoms with Crippen LogP contribution < -0.4 is 0 Å². The van der Waals surface area contributed by atoms with Gasteiger partial charge >= 0.3 is 0 Å². The van der Waals surface area contributed by atoms with Crippen molar-refractivity contribution in [3.63, 3.8) is 0 Å². The van der Waals surface area contributed by atoms with E-state index in [0.717, 1.165) is 17.2 Å². The lowest BCUT2D eigenvalue weighted by Gasteiger charge is -2.31. The number of amides is 1. The second kappa shape index (κ2) is 5.34. The molecule has 3 heterocycles. The van der Waals surface area contributed by atoms with E-state index in [0.29, 0.717) is 24.6 Å². The average molecular weight is 292 g/mol. The number of ether oxygens (including phenoxy) is 1. The van der Waals surface area contributed by atoms with Gasteiger partial charge in [0.05, 0.1) is 24.4 Å². The molecule has 0 aromatic carbocycles. The monoisotopic (exact) mass is 292 g/mol. The molecule has 1 amide bonds. The summed E-state index contributed by atoms with van der Waals surface area (Å²) in [4.78, 5) is 26.6. The zero-order valence-corrected chi connectivity index (χ0v) is 12.2. The van der Waals surface area contributed by atoms with E-state index in [1.54, 1.807) is 11.7 Å². The Labute approximate surface area is 120 Å². The number of thiazole rings is 1. The molecule has 0 spiro atoms. The maximum absolute atomic E-state index is 12.5. The zero-order chi connectivity index (χ0) is 14.1. The van der Waals surface area contributed by atoms with Gasteiger partial charge in [-0.1, -0.05) is 0 Å². The van der Waals surface area contributed by atoms with Crippen LogP contribution in [-0.4, -0.2) is 45.5 Å². The molecule has 3 rings (SSSR count). The Morgan fingerprint density at radius 3 is 3.00 bits per heavy atom. The van der Waals surface area contributed by atoms with E-state index in [2.05, 4.69) is 15.0 Å². The summed E-state index contributed by atoms with van der Waals surface area (Å²) in [6.45, 7) is 5.45. The fourth-order valence-corrected chi connectivity index (χ4v) is 3.02. The van der Waals surface area contributed by atoms with Crippen LogP contribution in [-0.2, 0) is 4.74 Å². The van der Waals surface area contributed by atoms with E-state index in [1.165, 1.54) is 11.3 Å². The summed E-state index contributed by atoms with van der Waals surface area (Å²) in [6.07, 6.45) is 1.59. The number of nitrogens with one attached hydrogen (secondary N) is 1. The molecular weight excluding hydrogens is 276 g/mol. The molecule has 1 saturated heterocycles. The number of hydrogen-bond donors (Lipinski definition) is 1. The number of hydrogen-bond acceptors (Lipinski definition) is 5. The zero-order valence-electron chi connectivity index (χ0n) is 11.4. The number of aromatic nitrogens is 3. The van der Waals surface area contributed by atoms with Gasteiger partial charge in [0.1, 0.15) is 16.8 Å². The number of nitrogens with zero attached hydrogens (tertiary/aromatic N) is 3. The van der Waals surface area contributed by atoms with Gasteiger partial charge in [-0.2, -0.15) is 0 Å². The highest BCUT2D eigenvalue weighted by Gasteiger charge is 2.29. The van der Waals surface area contributed by atoms with Crippen molar-refractivity contribution < 1.29 is 9.53 Å². The summed E-state index contributed by atoms with van der Waals surface area (Å²) in [5.74, 6) is 0.808. The van der Waals surface area contributed by atoms with Crippen LogP contribution in [0.1, 0.15) is 33.0 Å². The molecule has 2 aromatic rings. The second-order valence-electron chi connectivity index (χ2n) is 4.83. The normalized spacial score (nSPS) is 19.3. The van der Waals surface area contributed by atoms with Crippen LogP contribution in [0.3, 0.4) is 0 Å². The minimum absolute atomic E-state index is 0.0292. The van der Waals surface area contributed by atoms with Gasteiger partial charge in [-0.25, -0.2) is 9.97 Å². The van der Waals surface area contributed by atoms with Crippen molar-refractivity contribution >= 4 is 17.2 Å². The first-order chi connectivity index (χ1) is 9.65. The molecule has 6 nitrogen and oxygen atoms in total. The van der Waals surface area contributed by atoms with Crippen molar-refractivity contribution in [2.24, 2.45) is 0 Å². The summed E-state index contributed by atoms with van der Waals surface area (Å²) < 4.78 is 5.71. The van der Waals surface area contributed by atoms with Crippen LogP contribution in [0.2, 0.25) is 0 Å². The van der Waals surface area contributed by atoms with Crippen LogP contribution in [0.25, 0.3) is 0 Å². The SMILES string of the molecule is Cc1cnc(C2CN(C(=O)c3scnc3C)CCO2)[nH]1. The van der Waals surface area contributed by atoms with Gasteiger partial charge in [-0.15, -0.1) is 11.3 Å². The minimum Gasteiger partial charge on any atom is -0.367 e. The van der Waals surface area contributed by atoms with E-state index in [-0.39, 0.29) is 12.0 Å². The molecule has 1 aliphatic rings. The van der Waals surface area contributed by atoms with Crippen LogP contribution in [0, 0.1) is 13.8 Å². The number of rotatable bonds is 2. The Bertz CT molecular complexity index is 621. The third kappa shape index (κ3) is 2.46. The maximum atomic E-state index is 12.5. The van der Waals surface area contributed by atoms with Crippen LogP contribution in [0.5, 0.6) is 0 Å². The number of carbonyl (C=O) groups excluding carboxylic acids is 1. The largest absolute Gasteiger partial charge is 0.367 e. The van der Waals surface area contributed by atoms with Crippen molar-refractivity contribution in [3.8, 4) is 0 Å². The lowest BCUT2D eigenvalue weighted by molar-refractivity contribution is -0.0263. The van der Waals surface area contributed by atoms with Gasteiger partial charge < -0.3 is 14.6 Å². The van der Waals surface area contributed by atoms with Crippen molar-refractivity contribution in [1.82, 2.24) is 19.9 Å². The van der Waals surface area contributed by atoms with E-state index < -0.39 is 0 Å². The molecule has 1 unspecified atom stereocenters. The van der Waals surface area contributed by atoms with Crippen LogP contribution >= 0.6 is 11.3 Å². The van der Waals surface area contributed by atoms with E-state index in [9.17, 15) is 4.79 Å². The second-order valence-corrected chi connectivity index (χ2v) is 5.68. The third-order valence-electron chi connectivity index (χ3n) is 3.32. The van der Waals surface area contributed by atoms with E-state index >= 15 is 0 Å². The van der Waals surface area contributed by atoms with Gasteiger partial charge in [-0.3, -0.25) is 4.79 Å². The lowest BCUT2D eigenvalue weighted by Crippen LogP contribution is -2.42. The molecule has 0 saturated carbocycles. The Balaban J connectivity index is 1.75. The summed E-state index contributed by atoms with van der Waals surface area (Å²) in [6, 6.07) is 0. The van der Waals surface area contributed by atoms with E-state index in [4.69, 9.17) is 4.74 Å². The van der Waals surface area contributed by atoms with Gasteiger partial charge in [0.25, 0.3) is 5.91 Å². The molecule has 1 atom stereocenters. The number of imidazole rings is 1. The van der Waals surface area contributed by atoms with Gasteiger partial charge in [0.2, 0.25) is 0 Å². The Kier molecular flexibility index (Phi) is 3.54. The minimum atomic E-state index is -0.186. The number of aryl methyl sites for hydroxylation is 2. The quantitative estimate of drug-likeness (QED) is 0.914. The Morgan fingerprint density at radius 2 is 2.35 bits per heavy atom. The maximum Gasteiger partial charge on any atom is 0.266 e. The summed E-state index contributed by atoms with van der Waals surface area (Å²) in [5, 5.41) is 0.